The Labute approximate surface area is 125 Å². The summed E-state index contributed by atoms with van der Waals surface area (Å²) in [4.78, 5) is 0. The number of rotatable bonds is 4. The first kappa shape index (κ1) is 15.3. The summed E-state index contributed by atoms with van der Waals surface area (Å²) in [5, 5.41) is 13.0. The van der Waals surface area contributed by atoms with Gasteiger partial charge in [0.15, 0.2) is 0 Å². The van der Waals surface area contributed by atoms with Crippen molar-refractivity contribution in [3.05, 3.63) is 34.3 Å². The lowest BCUT2D eigenvalue weighted by molar-refractivity contribution is -0.0651. The predicted molar refractivity (Wildman–Crippen MR) is 81.8 cm³/mol. The fourth-order valence-corrected chi connectivity index (χ4v) is 3.15. The minimum Gasteiger partial charge on any atom is -0.411 e. The van der Waals surface area contributed by atoms with Crippen LogP contribution in [0, 0.1) is 6.92 Å². The Kier molecular flexibility index (Phi) is 5.06. The maximum Gasteiger partial charge on any atom is 0.0939 e. The first-order valence-electron chi connectivity index (χ1n) is 7.21. The molecular formula is C16H22ClNO2. The molecule has 0 atom stereocenters. The monoisotopic (exact) mass is 295 g/mol. The van der Waals surface area contributed by atoms with E-state index >= 15 is 0 Å². The van der Waals surface area contributed by atoms with Gasteiger partial charge in [-0.05, 0) is 62.3 Å². The predicted octanol–water partition coefficient (Wildman–Crippen LogP) is 4.67. The highest BCUT2D eigenvalue weighted by Gasteiger charge is 2.37. The summed E-state index contributed by atoms with van der Waals surface area (Å²) in [5.41, 5.74) is 2.86. The molecule has 20 heavy (non-hydrogen) atoms. The van der Waals surface area contributed by atoms with Crippen LogP contribution in [0.5, 0.6) is 0 Å². The number of aryl methyl sites for hydroxylation is 1. The van der Waals surface area contributed by atoms with Crippen LogP contribution in [0.2, 0.25) is 5.02 Å². The third-order valence-corrected chi connectivity index (χ3v) is 4.15. The van der Waals surface area contributed by atoms with Crippen LogP contribution in [-0.2, 0) is 10.3 Å². The molecule has 1 fully saturated rings. The van der Waals surface area contributed by atoms with Crippen LogP contribution in [0.15, 0.2) is 23.4 Å². The molecule has 0 radical (unpaired) electrons. The van der Waals surface area contributed by atoms with Crippen LogP contribution in [-0.4, -0.2) is 17.5 Å². The molecule has 1 aliphatic rings. The summed E-state index contributed by atoms with van der Waals surface area (Å²) in [5.74, 6) is 0. The largest absolute Gasteiger partial charge is 0.411 e. The average molecular weight is 296 g/mol. The molecule has 0 saturated heterocycles. The van der Waals surface area contributed by atoms with E-state index in [4.69, 9.17) is 21.5 Å². The van der Waals surface area contributed by atoms with Gasteiger partial charge in [0.1, 0.15) is 0 Å². The van der Waals surface area contributed by atoms with Crippen molar-refractivity contribution >= 4 is 17.3 Å². The Morgan fingerprint density at radius 3 is 2.55 bits per heavy atom. The zero-order valence-electron chi connectivity index (χ0n) is 12.2. The van der Waals surface area contributed by atoms with Crippen molar-refractivity contribution in [2.75, 3.05) is 6.61 Å². The number of benzene rings is 1. The first-order chi connectivity index (χ1) is 9.59. The molecular weight excluding hydrogens is 274 g/mol. The molecule has 0 aliphatic heterocycles. The minimum atomic E-state index is -0.292. The molecule has 1 N–H and O–H groups in total. The highest BCUT2D eigenvalue weighted by atomic mass is 35.5. The van der Waals surface area contributed by atoms with Gasteiger partial charge in [-0.2, -0.15) is 0 Å². The van der Waals surface area contributed by atoms with E-state index in [0.29, 0.717) is 0 Å². The van der Waals surface area contributed by atoms with E-state index < -0.39 is 0 Å². The van der Waals surface area contributed by atoms with Crippen LogP contribution in [0.4, 0.5) is 0 Å². The number of ether oxygens (including phenoxy) is 1. The molecule has 0 aromatic heterocycles. The topological polar surface area (TPSA) is 41.8 Å². The van der Waals surface area contributed by atoms with E-state index in [-0.39, 0.29) is 5.60 Å². The maximum atomic E-state index is 8.92. The smallest absolute Gasteiger partial charge is 0.0939 e. The van der Waals surface area contributed by atoms with Crippen molar-refractivity contribution in [3.8, 4) is 0 Å². The molecule has 110 valence electrons. The number of hydrogen-bond acceptors (Lipinski definition) is 3. The Hall–Kier alpha value is -1.06. The highest BCUT2D eigenvalue weighted by Crippen LogP contribution is 2.41. The molecule has 0 unspecified atom stereocenters. The molecule has 0 spiro atoms. The summed E-state index contributed by atoms with van der Waals surface area (Å²) in [6.45, 7) is 4.89. The SMILES string of the molecule is CCCOC1(c2cc(C)cc(Cl)c2)CCC(=NO)CC1. The van der Waals surface area contributed by atoms with Gasteiger partial charge in [0.25, 0.3) is 0 Å². The van der Waals surface area contributed by atoms with Gasteiger partial charge in [0.05, 0.1) is 11.3 Å². The van der Waals surface area contributed by atoms with Crippen molar-refractivity contribution in [3.63, 3.8) is 0 Å². The van der Waals surface area contributed by atoms with E-state index in [1.165, 1.54) is 0 Å². The van der Waals surface area contributed by atoms with E-state index in [1.54, 1.807) is 0 Å². The van der Waals surface area contributed by atoms with Crippen LogP contribution in [0.1, 0.15) is 50.2 Å². The summed E-state index contributed by atoms with van der Waals surface area (Å²) < 4.78 is 6.21. The van der Waals surface area contributed by atoms with Crippen molar-refractivity contribution in [1.29, 1.82) is 0 Å². The molecule has 0 heterocycles. The van der Waals surface area contributed by atoms with Crippen molar-refractivity contribution in [1.82, 2.24) is 0 Å². The third kappa shape index (κ3) is 3.33. The maximum absolute atomic E-state index is 8.92. The van der Waals surface area contributed by atoms with Crippen molar-refractivity contribution < 1.29 is 9.94 Å². The van der Waals surface area contributed by atoms with Gasteiger partial charge >= 0.3 is 0 Å². The normalized spacial score (nSPS) is 22.9. The van der Waals surface area contributed by atoms with Crippen molar-refractivity contribution in [2.24, 2.45) is 5.16 Å². The van der Waals surface area contributed by atoms with E-state index in [9.17, 15) is 0 Å². The second-order valence-electron chi connectivity index (χ2n) is 5.53. The number of nitrogens with zero attached hydrogens (tertiary/aromatic N) is 1. The van der Waals surface area contributed by atoms with Gasteiger partial charge in [0.2, 0.25) is 0 Å². The van der Waals surface area contributed by atoms with Crippen LogP contribution in [0.3, 0.4) is 0 Å². The Balaban J connectivity index is 2.31. The molecule has 1 aromatic carbocycles. The Bertz CT molecular complexity index is 469. The summed E-state index contributed by atoms with van der Waals surface area (Å²) >= 11 is 6.20. The molecule has 4 heteroatoms. The average Bonchev–Trinajstić information content (AvgIpc) is 2.44. The second kappa shape index (κ2) is 6.59. The first-order valence-corrected chi connectivity index (χ1v) is 7.59. The lowest BCUT2D eigenvalue weighted by Crippen LogP contribution is -2.35. The Morgan fingerprint density at radius 1 is 1.30 bits per heavy atom. The number of hydrogen-bond donors (Lipinski definition) is 1. The quantitative estimate of drug-likeness (QED) is 0.647. The van der Waals surface area contributed by atoms with E-state index in [1.807, 2.05) is 19.1 Å². The zero-order valence-corrected chi connectivity index (χ0v) is 12.9. The molecule has 1 saturated carbocycles. The minimum absolute atomic E-state index is 0.292. The number of oxime groups is 1. The lowest BCUT2D eigenvalue weighted by Gasteiger charge is -2.38. The van der Waals surface area contributed by atoms with E-state index in [2.05, 4.69) is 18.1 Å². The summed E-state index contributed by atoms with van der Waals surface area (Å²) in [7, 11) is 0. The molecule has 0 amide bonds. The van der Waals surface area contributed by atoms with Gasteiger partial charge < -0.3 is 9.94 Å². The lowest BCUT2D eigenvalue weighted by atomic mass is 9.78. The summed E-state index contributed by atoms with van der Waals surface area (Å²) in [6.07, 6.45) is 4.21. The van der Waals surface area contributed by atoms with Gasteiger partial charge in [-0.1, -0.05) is 29.7 Å². The molecule has 2 rings (SSSR count). The standard InChI is InChI=1S/C16H22ClNO2/c1-3-8-20-16(6-4-15(18-19)5-7-16)13-9-12(2)10-14(17)11-13/h9-11,19H,3-8H2,1-2H3. The van der Waals surface area contributed by atoms with Gasteiger partial charge in [-0.3, -0.25) is 0 Å². The van der Waals surface area contributed by atoms with E-state index in [0.717, 1.165) is 60.6 Å². The third-order valence-electron chi connectivity index (χ3n) is 3.93. The zero-order chi connectivity index (χ0) is 14.6. The molecule has 1 aromatic rings. The van der Waals surface area contributed by atoms with Gasteiger partial charge in [0, 0.05) is 11.6 Å². The van der Waals surface area contributed by atoms with Crippen LogP contribution < -0.4 is 0 Å². The van der Waals surface area contributed by atoms with Crippen LogP contribution in [0.25, 0.3) is 0 Å². The second-order valence-corrected chi connectivity index (χ2v) is 5.96. The highest BCUT2D eigenvalue weighted by molar-refractivity contribution is 6.30. The fourth-order valence-electron chi connectivity index (χ4n) is 2.86. The number of halogens is 1. The van der Waals surface area contributed by atoms with Gasteiger partial charge in [-0.25, -0.2) is 0 Å². The molecule has 3 nitrogen and oxygen atoms in total. The molecule has 0 bridgehead atoms. The van der Waals surface area contributed by atoms with Crippen LogP contribution >= 0.6 is 11.6 Å². The fraction of sp³-hybridized carbons (Fsp3) is 0.562. The Morgan fingerprint density at radius 2 is 2.00 bits per heavy atom. The molecule has 1 aliphatic carbocycles. The summed E-state index contributed by atoms with van der Waals surface area (Å²) in [6, 6.07) is 6.12. The van der Waals surface area contributed by atoms with Crippen molar-refractivity contribution in [2.45, 2.75) is 51.6 Å². The van der Waals surface area contributed by atoms with Gasteiger partial charge in [-0.15, -0.1) is 0 Å².